The van der Waals surface area contributed by atoms with Crippen LogP contribution in [0.3, 0.4) is 0 Å². The van der Waals surface area contributed by atoms with Crippen molar-refractivity contribution in [3.63, 3.8) is 0 Å². The first-order valence-corrected chi connectivity index (χ1v) is 5.55. The second-order valence-corrected chi connectivity index (χ2v) is 3.58. The summed E-state index contributed by atoms with van der Waals surface area (Å²) in [6, 6.07) is 14.2. The van der Waals surface area contributed by atoms with Crippen LogP contribution in [0.25, 0.3) is 10.8 Å². The number of terminal acetylenes is 1. The summed E-state index contributed by atoms with van der Waals surface area (Å²) < 4.78 is 4.29. The Labute approximate surface area is 112 Å². The fourth-order valence-electron chi connectivity index (χ4n) is 1.41. The maximum atomic E-state index is 9.59. The highest BCUT2D eigenvalue weighted by Gasteiger charge is 1.91. The number of hydrogen-bond donors (Lipinski definition) is 1. The molecule has 0 aliphatic rings. The smallest absolute Gasteiger partial charge is 0.331 e. The van der Waals surface area contributed by atoms with Gasteiger partial charge in [0.05, 0.1) is 19.4 Å². The largest absolute Gasteiger partial charge is 0.504 e. The van der Waals surface area contributed by atoms with Crippen LogP contribution in [-0.4, -0.2) is 18.2 Å². The number of methoxy groups -OCH3 is 1. The quantitative estimate of drug-likeness (QED) is 0.509. The molecule has 0 aromatic heterocycles. The minimum absolute atomic E-state index is 0.917. The average Bonchev–Trinajstić information content (AvgIpc) is 2.45. The van der Waals surface area contributed by atoms with Crippen LogP contribution in [-0.2, 0) is 9.53 Å². The first kappa shape index (κ1) is 14.3. The van der Waals surface area contributed by atoms with Gasteiger partial charge >= 0.3 is 5.97 Å². The van der Waals surface area contributed by atoms with Crippen molar-refractivity contribution in [1.82, 2.24) is 0 Å². The van der Waals surface area contributed by atoms with E-state index in [1.807, 2.05) is 30.3 Å². The Balaban J connectivity index is 0.000000224. The first-order chi connectivity index (χ1) is 9.17. The normalized spacial score (nSPS) is 9.47. The van der Waals surface area contributed by atoms with E-state index >= 15 is 0 Å². The molecule has 19 heavy (non-hydrogen) atoms. The van der Waals surface area contributed by atoms with E-state index in [1.165, 1.54) is 17.9 Å². The van der Waals surface area contributed by atoms with E-state index in [4.69, 9.17) is 11.5 Å². The Morgan fingerprint density at radius 1 is 1.26 bits per heavy atom. The minimum Gasteiger partial charge on any atom is -0.504 e. The zero-order chi connectivity index (χ0) is 14.1. The first-order valence-electron chi connectivity index (χ1n) is 5.55. The van der Waals surface area contributed by atoms with E-state index in [1.54, 1.807) is 0 Å². The van der Waals surface area contributed by atoms with Crippen molar-refractivity contribution < 1.29 is 14.6 Å². The van der Waals surface area contributed by atoms with E-state index in [0.29, 0.717) is 0 Å². The van der Waals surface area contributed by atoms with Gasteiger partial charge in [0.25, 0.3) is 0 Å². The number of carbonyl (C=O) groups is 1. The molecule has 0 spiro atoms. The van der Waals surface area contributed by atoms with Gasteiger partial charge in [-0.1, -0.05) is 36.3 Å². The summed E-state index contributed by atoms with van der Waals surface area (Å²) in [5.41, 5.74) is 0.939. The van der Waals surface area contributed by atoms with Gasteiger partial charge in [-0.05, 0) is 22.9 Å². The average molecular weight is 254 g/mol. The predicted molar refractivity (Wildman–Crippen MR) is 75.7 cm³/mol. The van der Waals surface area contributed by atoms with Crippen molar-refractivity contribution in [2.75, 3.05) is 7.11 Å². The zero-order valence-electron chi connectivity index (χ0n) is 10.5. The number of benzene rings is 2. The molecule has 3 heteroatoms. The summed E-state index contributed by atoms with van der Waals surface area (Å²) in [5, 5.41) is 10.3. The minimum atomic E-state index is -0.998. The van der Waals surface area contributed by atoms with Crippen molar-refractivity contribution in [2.45, 2.75) is 0 Å². The van der Waals surface area contributed by atoms with E-state index in [9.17, 15) is 4.79 Å². The topological polar surface area (TPSA) is 46.5 Å². The molecule has 0 atom stereocenters. The molecule has 0 saturated heterocycles. The lowest BCUT2D eigenvalue weighted by molar-refractivity contribution is -0.131. The Morgan fingerprint density at radius 2 is 1.95 bits per heavy atom. The van der Waals surface area contributed by atoms with Crippen LogP contribution in [0.1, 0.15) is 5.56 Å². The van der Waals surface area contributed by atoms with Crippen molar-refractivity contribution in [1.29, 1.82) is 0 Å². The highest BCUT2D eigenvalue weighted by molar-refractivity contribution is 5.83. The lowest BCUT2D eigenvalue weighted by Crippen LogP contribution is -1.85. The van der Waals surface area contributed by atoms with Gasteiger partial charge in [0, 0.05) is 5.56 Å². The van der Waals surface area contributed by atoms with Gasteiger partial charge in [0.1, 0.15) is 0 Å². The molecule has 3 nitrogen and oxygen atoms in total. The van der Waals surface area contributed by atoms with Crippen LogP contribution in [0, 0.1) is 12.3 Å². The summed E-state index contributed by atoms with van der Waals surface area (Å²) in [7, 11) is 1.39. The molecule has 0 aliphatic carbocycles. The second-order valence-electron chi connectivity index (χ2n) is 3.58. The Morgan fingerprint density at radius 3 is 2.47 bits per heavy atom. The van der Waals surface area contributed by atoms with Gasteiger partial charge in [0.15, 0.2) is 0 Å². The molecular weight excluding hydrogens is 240 g/mol. The highest BCUT2D eigenvalue weighted by Crippen LogP contribution is 2.14. The van der Waals surface area contributed by atoms with Crippen molar-refractivity contribution in [3.05, 3.63) is 60.4 Å². The molecule has 0 heterocycles. The van der Waals surface area contributed by atoms with Gasteiger partial charge in [-0.2, -0.15) is 0 Å². The fourth-order valence-corrected chi connectivity index (χ4v) is 1.41. The van der Waals surface area contributed by atoms with Gasteiger partial charge in [0.2, 0.25) is 0 Å². The molecule has 2 aromatic rings. The van der Waals surface area contributed by atoms with Gasteiger partial charge < -0.3 is 9.84 Å². The summed E-state index contributed by atoms with van der Waals surface area (Å²) in [5.74, 6) is 1.62. The molecular formula is C16H14O3. The summed E-state index contributed by atoms with van der Waals surface area (Å²) in [4.78, 5) is 9.59. The molecule has 96 valence electrons. The fraction of sp³-hybridized carbons (Fsp3) is 0.0625. The van der Waals surface area contributed by atoms with Crippen LogP contribution in [0.2, 0.25) is 0 Å². The number of carboxylic acid groups (broad SMARTS) is 1. The summed E-state index contributed by atoms with van der Waals surface area (Å²) in [6.45, 7) is 0. The predicted octanol–water partition coefficient (Wildman–Crippen LogP) is 3.05. The van der Waals surface area contributed by atoms with Crippen molar-refractivity contribution in [2.24, 2.45) is 0 Å². The number of fused-ring (bicyclic) bond motifs is 1. The van der Waals surface area contributed by atoms with Crippen LogP contribution >= 0.6 is 0 Å². The zero-order valence-corrected chi connectivity index (χ0v) is 10.5. The summed E-state index contributed by atoms with van der Waals surface area (Å²) >= 11 is 0. The molecule has 0 radical (unpaired) electrons. The van der Waals surface area contributed by atoms with Crippen LogP contribution in [0.15, 0.2) is 54.8 Å². The number of carboxylic acids is 1. The molecule has 0 unspecified atom stereocenters. The molecule has 1 N–H and O–H groups in total. The standard InChI is InChI=1S/C12H8.C4H6O3/c1-2-10-7-8-11-5-3-4-6-12(11)9-10;1-7-3-2-4(5)6/h1,3-9H;2-3H,1H3,(H,5,6). The Hall–Kier alpha value is -2.73. The van der Waals surface area contributed by atoms with Crippen LogP contribution in [0.5, 0.6) is 0 Å². The SMILES string of the molecule is C#Cc1ccc2ccccc2c1.COC=CC(=O)O. The van der Waals surface area contributed by atoms with Gasteiger partial charge in [-0.3, -0.25) is 0 Å². The highest BCUT2D eigenvalue weighted by atomic mass is 16.5. The lowest BCUT2D eigenvalue weighted by atomic mass is 10.1. The molecule has 0 fully saturated rings. The lowest BCUT2D eigenvalue weighted by Gasteiger charge is -1.96. The maximum absolute atomic E-state index is 9.59. The molecule has 2 aromatic carbocycles. The van der Waals surface area contributed by atoms with E-state index in [0.717, 1.165) is 17.9 Å². The molecule has 0 aliphatic heterocycles. The number of rotatable bonds is 2. The third-order valence-electron chi connectivity index (χ3n) is 2.26. The Kier molecular flexibility index (Phi) is 5.71. The third kappa shape index (κ3) is 4.97. The summed E-state index contributed by atoms with van der Waals surface area (Å²) in [6.07, 6.45) is 7.31. The van der Waals surface area contributed by atoms with Gasteiger partial charge in [-0.25, -0.2) is 4.79 Å². The maximum Gasteiger partial charge on any atom is 0.331 e. The molecule has 0 bridgehead atoms. The van der Waals surface area contributed by atoms with Gasteiger partial charge in [-0.15, -0.1) is 6.42 Å². The third-order valence-corrected chi connectivity index (χ3v) is 2.26. The molecule has 0 amide bonds. The number of hydrogen-bond acceptors (Lipinski definition) is 2. The number of ether oxygens (including phenoxy) is 1. The van der Waals surface area contributed by atoms with E-state index in [-0.39, 0.29) is 0 Å². The molecule has 0 saturated carbocycles. The van der Waals surface area contributed by atoms with E-state index in [2.05, 4.69) is 22.8 Å². The van der Waals surface area contributed by atoms with E-state index < -0.39 is 5.97 Å². The van der Waals surface area contributed by atoms with Crippen LogP contribution in [0.4, 0.5) is 0 Å². The van der Waals surface area contributed by atoms with Crippen LogP contribution < -0.4 is 0 Å². The van der Waals surface area contributed by atoms with Crippen molar-refractivity contribution in [3.8, 4) is 12.3 Å². The second kappa shape index (κ2) is 7.57. The van der Waals surface area contributed by atoms with Crippen molar-refractivity contribution >= 4 is 16.7 Å². The number of aliphatic carboxylic acids is 1. The molecule has 2 rings (SSSR count). The Bertz CT molecular complexity index is 621. The monoisotopic (exact) mass is 254 g/mol.